The number of carbonyl (C=O) groups excluding carboxylic acids is 1. The van der Waals surface area contributed by atoms with Gasteiger partial charge in [0.2, 0.25) is 0 Å². The van der Waals surface area contributed by atoms with Crippen molar-refractivity contribution >= 4 is 17.5 Å². The van der Waals surface area contributed by atoms with Crippen molar-refractivity contribution in [3.63, 3.8) is 0 Å². The number of hydrogen-bond acceptors (Lipinski definition) is 3. The number of hydrogen-bond donors (Lipinski definition) is 2. The lowest BCUT2D eigenvalue weighted by molar-refractivity contribution is -0.136. The highest BCUT2D eigenvalue weighted by Crippen LogP contribution is 2.36. The molecule has 0 atom stereocenters. The van der Waals surface area contributed by atoms with Gasteiger partial charge in [-0.3, -0.25) is 5.32 Å². The molecule has 1 aromatic rings. The molecule has 0 saturated heterocycles. The number of rotatable bonds is 1. The number of benzene rings is 1. The first-order chi connectivity index (χ1) is 8.49. The van der Waals surface area contributed by atoms with Crippen LogP contribution in [0, 0.1) is 0 Å². The van der Waals surface area contributed by atoms with Gasteiger partial charge in [0, 0.05) is 5.69 Å². The summed E-state index contributed by atoms with van der Waals surface area (Å²) < 4.78 is 43.2. The van der Waals surface area contributed by atoms with Crippen LogP contribution >= 0.6 is 0 Å². The first kappa shape index (κ1) is 15.1. The third-order valence-corrected chi connectivity index (χ3v) is 1.98. The molecule has 0 aliphatic heterocycles. The van der Waals surface area contributed by atoms with E-state index in [1.165, 1.54) is 6.07 Å². The molecule has 0 aliphatic rings. The molecule has 4 nitrogen and oxygen atoms in total. The minimum Gasteiger partial charge on any atom is -0.444 e. The van der Waals surface area contributed by atoms with Crippen LogP contribution in [0.5, 0.6) is 0 Å². The summed E-state index contributed by atoms with van der Waals surface area (Å²) in [5.74, 6) is 0. The molecule has 1 amide bonds. The Morgan fingerprint density at radius 2 is 1.84 bits per heavy atom. The normalized spacial score (nSPS) is 12.1. The number of halogens is 3. The van der Waals surface area contributed by atoms with E-state index in [9.17, 15) is 18.0 Å². The van der Waals surface area contributed by atoms with E-state index >= 15 is 0 Å². The van der Waals surface area contributed by atoms with Crippen LogP contribution in [0.4, 0.5) is 29.3 Å². The van der Waals surface area contributed by atoms with Gasteiger partial charge in [0.25, 0.3) is 0 Å². The van der Waals surface area contributed by atoms with E-state index in [1.807, 2.05) is 0 Å². The van der Waals surface area contributed by atoms with Crippen molar-refractivity contribution in [2.45, 2.75) is 32.5 Å². The van der Waals surface area contributed by atoms with Crippen molar-refractivity contribution in [1.29, 1.82) is 0 Å². The van der Waals surface area contributed by atoms with Crippen LogP contribution in [-0.2, 0) is 10.9 Å². The Bertz CT molecular complexity index is 479. The summed E-state index contributed by atoms with van der Waals surface area (Å²) in [5.41, 5.74) is 3.07. The average molecular weight is 276 g/mol. The van der Waals surface area contributed by atoms with Crippen molar-refractivity contribution in [3.05, 3.63) is 23.8 Å². The molecule has 106 valence electrons. The van der Waals surface area contributed by atoms with Gasteiger partial charge in [-0.25, -0.2) is 4.79 Å². The van der Waals surface area contributed by atoms with Gasteiger partial charge in [0.1, 0.15) is 5.60 Å². The molecule has 0 unspecified atom stereocenters. The predicted octanol–water partition coefficient (Wildman–Crippen LogP) is 3.63. The zero-order valence-electron chi connectivity index (χ0n) is 10.8. The summed E-state index contributed by atoms with van der Waals surface area (Å²) in [6, 6.07) is 3.11. The molecular formula is C12H15F3N2O2. The summed E-state index contributed by atoms with van der Waals surface area (Å²) in [6.07, 6.45) is -5.57. The Balaban J connectivity index is 2.99. The molecular weight excluding hydrogens is 261 g/mol. The van der Waals surface area contributed by atoms with E-state index in [4.69, 9.17) is 10.5 Å². The molecule has 0 spiro atoms. The van der Waals surface area contributed by atoms with Crippen LogP contribution in [0.2, 0.25) is 0 Å². The van der Waals surface area contributed by atoms with Crippen LogP contribution in [0.15, 0.2) is 18.2 Å². The first-order valence-corrected chi connectivity index (χ1v) is 5.46. The van der Waals surface area contributed by atoms with Gasteiger partial charge < -0.3 is 10.5 Å². The quantitative estimate of drug-likeness (QED) is 0.770. The molecule has 1 rings (SSSR count). The first-order valence-electron chi connectivity index (χ1n) is 5.46. The second-order valence-electron chi connectivity index (χ2n) is 4.93. The maximum atomic E-state index is 12.8. The van der Waals surface area contributed by atoms with Crippen molar-refractivity contribution in [2.75, 3.05) is 11.1 Å². The number of nitrogen functional groups attached to an aromatic ring is 1. The van der Waals surface area contributed by atoms with Gasteiger partial charge in [0.05, 0.1) is 11.3 Å². The van der Waals surface area contributed by atoms with Crippen molar-refractivity contribution < 1.29 is 22.7 Å². The molecule has 0 aromatic heterocycles. The van der Waals surface area contributed by atoms with Gasteiger partial charge in [-0.1, -0.05) is 0 Å². The topological polar surface area (TPSA) is 64.3 Å². The van der Waals surface area contributed by atoms with Gasteiger partial charge in [0.15, 0.2) is 0 Å². The van der Waals surface area contributed by atoms with Gasteiger partial charge >= 0.3 is 12.3 Å². The fraction of sp³-hybridized carbons (Fsp3) is 0.417. The lowest BCUT2D eigenvalue weighted by Gasteiger charge is -2.21. The van der Waals surface area contributed by atoms with E-state index in [2.05, 4.69) is 5.32 Å². The number of anilines is 2. The fourth-order valence-corrected chi connectivity index (χ4v) is 1.32. The highest BCUT2D eigenvalue weighted by Gasteiger charge is 2.34. The Morgan fingerprint density at radius 1 is 1.26 bits per heavy atom. The molecule has 0 radical (unpaired) electrons. The van der Waals surface area contributed by atoms with Crippen LogP contribution < -0.4 is 11.1 Å². The maximum absolute atomic E-state index is 12.8. The Hall–Kier alpha value is -1.92. The Labute approximate surface area is 108 Å². The number of nitrogens with one attached hydrogen (secondary N) is 1. The number of alkyl halides is 3. The Kier molecular flexibility index (Phi) is 3.97. The van der Waals surface area contributed by atoms with E-state index in [1.54, 1.807) is 20.8 Å². The fourth-order valence-electron chi connectivity index (χ4n) is 1.32. The largest absolute Gasteiger partial charge is 0.444 e. The summed E-state index contributed by atoms with van der Waals surface area (Å²) >= 11 is 0. The smallest absolute Gasteiger partial charge is 0.418 e. The lowest BCUT2D eigenvalue weighted by atomic mass is 10.1. The molecule has 0 bridgehead atoms. The summed E-state index contributed by atoms with van der Waals surface area (Å²) in [7, 11) is 0. The highest BCUT2D eigenvalue weighted by molar-refractivity contribution is 5.86. The molecule has 0 saturated carbocycles. The number of nitrogens with two attached hydrogens (primary N) is 1. The summed E-state index contributed by atoms with van der Waals surface area (Å²) in [4.78, 5) is 11.5. The zero-order chi connectivity index (χ0) is 14.8. The summed E-state index contributed by atoms with van der Waals surface area (Å²) in [5, 5.41) is 2.06. The molecule has 0 heterocycles. The number of ether oxygens (including phenoxy) is 1. The van der Waals surface area contributed by atoms with Gasteiger partial charge in [-0.15, -0.1) is 0 Å². The van der Waals surface area contributed by atoms with Crippen molar-refractivity contribution in [2.24, 2.45) is 0 Å². The Morgan fingerprint density at radius 3 is 2.32 bits per heavy atom. The van der Waals surface area contributed by atoms with Crippen LogP contribution in [-0.4, -0.2) is 11.7 Å². The average Bonchev–Trinajstić information content (AvgIpc) is 2.16. The molecule has 19 heavy (non-hydrogen) atoms. The van der Waals surface area contributed by atoms with Crippen LogP contribution in [0.1, 0.15) is 26.3 Å². The van der Waals surface area contributed by atoms with E-state index in [0.29, 0.717) is 0 Å². The lowest BCUT2D eigenvalue weighted by Crippen LogP contribution is -2.28. The molecule has 1 aromatic carbocycles. The molecule has 0 aliphatic carbocycles. The van der Waals surface area contributed by atoms with Crippen LogP contribution in [0.3, 0.4) is 0 Å². The molecule has 3 N–H and O–H groups in total. The second-order valence-corrected chi connectivity index (χ2v) is 4.93. The molecule has 7 heteroatoms. The van der Waals surface area contributed by atoms with Crippen LogP contribution in [0.25, 0.3) is 0 Å². The van der Waals surface area contributed by atoms with E-state index in [0.717, 1.165) is 12.1 Å². The maximum Gasteiger partial charge on any atom is 0.418 e. The van der Waals surface area contributed by atoms with E-state index < -0.39 is 29.1 Å². The van der Waals surface area contributed by atoms with E-state index in [-0.39, 0.29) is 5.69 Å². The monoisotopic (exact) mass is 276 g/mol. The third-order valence-electron chi connectivity index (χ3n) is 1.98. The SMILES string of the molecule is CC(C)(C)OC(=O)Nc1ccc(N)cc1C(F)(F)F. The number of carbonyl (C=O) groups is 1. The third kappa shape index (κ3) is 4.69. The minimum atomic E-state index is -4.61. The summed E-state index contributed by atoms with van der Waals surface area (Å²) in [6.45, 7) is 4.83. The number of amides is 1. The van der Waals surface area contributed by atoms with Crippen molar-refractivity contribution in [1.82, 2.24) is 0 Å². The van der Waals surface area contributed by atoms with Crippen molar-refractivity contribution in [3.8, 4) is 0 Å². The van der Waals surface area contributed by atoms with Gasteiger partial charge in [-0.05, 0) is 39.0 Å². The van der Waals surface area contributed by atoms with Gasteiger partial charge in [-0.2, -0.15) is 13.2 Å². The predicted molar refractivity (Wildman–Crippen MR) is 65.7 cm³/mol. The minimum absolute atomic E-state index is 0.0398. The highest BCUT2D eigenvalue weighted by atomic mass is 19.4. The molecule has 0 fully saturated rings. The zero-order valence-corrected chi connectivity index (χ0v) is 10.8. The second kappa shape index (κ2) is 4.99. The standard InChI is InChI=1S/C12H15F3N2O2/c1-11(2,3)19-10(18)17-9-5-4-7(16)6-8(9)12(13,14)15/h4-6H,16H2,1-3H3,(H,17,18).